The average Bonchev–Trinajstić information content (AvgIpc) is 3.25. The van der Waals surface area contributed by atoms with Crippen molar-refractivity contribution in [1.29, 1.82) is 5.26 Å². The molecule has 2 heterocycles. The number of nitrogens with zero attached hydrogens (tertiary/aromatic N) is 4. The van der Waals surface area contributed by atoms with E-state index in [4.69, 9.17) is 15.2 Å². The summed E-state index contributed by atoms with van der Waals surface area (Å²) in [4.78, 5) is 25.9. The summed E-state index contributed by atoms with van der Waals surface area (Å²) in [5.74, 6) is -2.54. The van der Waals surface area contributed by atoms with E-state index >= 15 is 0 Å². The van der Waals surface area contributed by atoms with E-state index in [1.165, 1.54) is 5.56 Å². The minimum absolute atomic E-state index is 0.0366. The van der Waals surface area contributed by atoms with Gasteiger partial charge in [0.1, 0.15) is 0 Å². The van der Waals surface area contributed by atoms with Crippen LogP contribution in [0.1, 0.15) is 42.3 Å². The number of carboxylic acids is 1. The van der Waals surface area contributed by atoms with Gasteiger partial charge >= 0.3 is 12.1 Å². The number of carbonyl (C=O) groups is 2. The van der Waals surface area contributed by atoms with Crippen LogP contribution in [0.2, 0.25) is 0 Å². The van der Waals surface area contributed by atoms with Gasteiger partial charge in [0.15, 0.2) is 11.5 Å². The first kappa shape index (κ1) is 26.9. The molecule has 2 aromatic heterocycles. The molecular formula is C26H22F3N5O3. The zero-order chi connectivity index (χ0) is 27.4. The molecule has 2 N–H and O–H groups in total. The molecule has 8 nitrogen and oxygen atoms in total. The number of benzene rings is 2. The van der Waals surface area contributed by atoms with Crippen LogP contribution in [0, 0.1) is 11.3 Å². The molecular weight excluding hydrogens is 487 g/mol. The summed E-state index contributed by atoms with van der Waals surface area (Å²) in [6.45, 7) is 6.41. The Labute approximate surface area is 210 Å². The van der Waals surface area contributed by atoms with Gasteiger partial charge in [0.25, 0.3) is 5.91 Å². The predicted octanol–water partition coefficient (Wildman–Crippen LogP) is 5.45. The lowest BCUT2D eigenvalue weighted by molar-refractivity contribution is -0.192. The monoisotopic (exact) mass is 509 g/mol. The molecule has 37 heavy (non-hydrogen) atoms. The number of fused-ring (bicyclic) bond motifs is 1. The number of alkyl halides is 3. The quantitative estimate of drug-likeness (QED) is 0.379. The van der Waals surface area contributed by atoms with E-state index in [0.717, 1.165) is 11.3 Å². The number of nitriles is 1. The van der Waals surface area contributed by atoms with Gasteiger partial charge in [-0.2, -0.15) is 23.5 Å². The molecule has 1 amide bonds. The lowest BCUT2D eigenvalue weighted by Gasteiger charge is -2.18. The normalized spacial score (nSPS) is 11.3. The van der Waals surface area contributed by atoms with Crippen molar-refractivity contribution in [3.05, 3.63) is 83.6 Å². The first-order chi connectivity index (χ1) is 17.3. The van der Waals surface area contributed by atoms with Gasteiger partial charge in [0.05, 0.1) is 23.5 Å². The third-order valence-electron chi connectivity index (χ3n) is 5.13. The predicted molar refractivity (Wildman–Crippen MR) is 130 cm³/mol. The zero-order valence-electron chi connectivity index (χ0n) is 20.0. The Kier molecular flexibility index (Phi) is 7.62. The number of nitrogens with one attached hydrogen (secondary N) is 1. The number of amides is 1. The van der Waals surface area contributed by atoms with Crippen LogP contribution in [0.4, 0.5) is 19.0 Å². The van der Waals surface area contributed by atoms with Crippen molar-refractivity contribution in [2.24, 2.45) is 0 Å². The first-order valence-corrected chi connectivity index (χ1v) is 10.9. The molecule has 2 aromatic carbocycles. The Hall–Kier alpha value is -4.72. The zero-order valence-corrected chi connectivity index (χ0v) is 20.0. The van der Waals surface area contributed by atoms with Gasteiger partial charge in [-0.25, -0.2) is 14.3 Å². The molecule has 0 aliphatic carbocycles. The highest BCUT2D eigenvalue weighted by atomic mass is 19.4. The highest BCUT2D eigenvalue weighted by Crippen LogP contribution is 2.23. The SMILES string of the molecule is CC(C)(C)c1ccc(C(=O)Nc2cn3nc(-c4ccc(C#N)cc4)ccc3n2)cc1.O=C(O)C(F)(F)F. The van der Waals surface area contributed by atoms with Crippen molar-refractivity contribution < 1.29 is 27.9 Å². The molecule has 0 spiro atoms. The number of aliphatic carboxylic acids is 1. The van der Waals surface area contributed by atoms with Gasteiger partial charge in [-0.05, 0) is 47.4 Å². The fraction of sp³-hybridized carbons (Fsp3) is 0.192. The first-order valence-electron chi connectivity index (χ1n) is 10.9. The van der Waals surface area contributed by atoms with Crippen LogP contribution in [0.25, 0.3) is 16.9 Å². The van der Waals surface area contributed by atoms with Crippen LogP contribution in [0.3, 0.4) is 0 Å². The lowest BCUT2D eigenvalue weighted by Crippen LogP contribution is -2.21. The summed E-state index contributed by atoms with van der Waals surface area (Å²) in [6.07, 6.45) is -3.40. The average molecular weight is 509 g/mol. The molecule has 4 aromatic rings. The lowest BCUT2D eigenvalue weighted by atomic mass is 9.87. The smallest absolute Gasteiger partial charge is 0.475 e. The van der Waals surface area contributed by atoms with E-state index in [-0.39, 0.29) is 11.3 Å². The summed E-state index contributed by atoms with van der Waals surface area (Å²) in [7, 11) is 0. The van der Waals surface area contributed by atoms with Crippen LogP contribution >= 0.6 is 0 Å². The molecule has 190 valence electrons. The second-order valence-corrected chi connectivity index (χ2v) is 8.92. The van der Waals surface area contributed by atoms with Gasteiger partial charge in [0.2, 0.25) is 0 Å². The van der Waals surface area contributed by atoms with Crippen molar-refractivity contribution in [1.82, 2.24) is 14.6 Å². The van der Waals surface area contributed by atoms with Crippen molar-refractivity contribution in [2.75, 3.05) is 5.32 Å². The Bertz CT molecular complexity index is 1460. The van der Waals surface area contributed by atoms with Gasteiger partial charge in [-0.1, -0.05) is 45.0 Å². The third kappa shape index (κ3) is 6.91. The van der Waals surface area contributed by atoms with Crippen molar-refractivity contribution in [2.45, 2.75) is 32.4 Å². The standard InChI is InChI=1S/C24H21N5O.C2HF3O2/c1-24(2,3)19-10-8-18(9-11-19)23(30)27-21-15-29-22(26-21)13-12-20(28-29)17-6-4-16(14-25)5-7-17;3-2(4,5)1(6)7/h4-13,15H,1-3H3,(H,27,30);(H,6,7). The van der Waals surface area contributed by atoms with Crippen molar-refractivity contribution in [3.8, 4) is 17.3 Å². The largest absolute Gasteiger partial charge is 0.490 e. The molecule has 0 unspecified atom stereocenters. The Balaban J connectivity index is 0.000000479. The molecule has 0 bridgehead atoms. The Morgan fingerprint density at radius 2 is 1.57 bits per heavy atom. The van der Waals surface area contributed by atoms with Gasteiger partial charge in [0, 0.05) is 11.1 Å². The van der Waals surface area contributed by atoms with E-state index in [1.54, 1.807) is 22.8 Å². The number of carbonyl (C=O) groups excluding carboxylic acids is 1. The van der Waals surface area contributed by atoms with Gasteiger partial charge < -0.3 is 10.4 Å². The van der Waals surface area contributed by atoms with Crippen LogP contribution in [0.15, 0.2) is 66.9 Å². The topological polar surface area (TPSA) is 120 Å². The molecule has 0 aliphatic rings. The van der Waals surface area contributed by atoms with Gasteiger partial charge in [-0.15, -0.1) is 0 Å². The molecule has 0 fully saturated rings. The molecule has 11 heteroatoms. The Morgan fingerprint density at radius 1 is 0.973 bits per heavy atom. The number of anilines is 1. The minimum Gasteiger partial charge on any atom is -0.475 e. The van der Waals surface area contributed by atoms with E-state index in [1.807, 2.05) is 48.5 Å². The molecule has 0 radical (unpaired) electrons. The fourth-order valence-corrected chi connectivity index (χ4v) is 3.12. The number of rotatable bonds is 3. The van der Waals surface area contributed by atoms with E-state index in [9.17, 15) is 18.0 Å². The summed E-state index contributed by atoms with van der Waals surface area (Å²) in [5.41, 5.74) is 4.66. The maximum Gasteiger partial charge on any atom is 0.490 e. The number of carboxylic acid groups (broad SMARTS) is 1. The van der Waals surface area contributed by atoms with Crippen LogP contribution in [-0.2, 0) is 10.2 Å². The number of halogens is 3. The molecule has 0 aliphatic heterocycles. The summed E-state index contributed by atoms with van der Waals surface area (Å²) < 4.78 is 33.4. The van der Waals surface area contributed by atoms with Gasteiger partial charge in [-0.3, -0.25) is 4.79 Å². The summed E-state index contributed by atoms with van der Waals surface area (Å²) >= 11 is 0. The van der Waals surface area contributed by atoms with Crippen molar-refractivity contribution in [3.63, 3.8) is 0 Å². The van der Waals surface area contributed by atoms with E-state index in [0.29, 0.717) is 22.6 Å². The highest BCUT2D eigenvalue weighted by molar-refractivity contribution is 6.03. The molecule has 4 rings (SSSR count). The number of hydrogen-bond acceptors (Lipinski definition) is 5. The van der Waals surface area contributed by atoms with Crippen molar-refractivity contribution >= 4 is 23.3 Å². The van der Waals surface area contributed by atoms with E-state index < -0.39 is 12.1 Å². The second kappa shape index (κ2) is 10.5. The number of hydrogen-bond donors (Lipinski definition) is 2. The maximum atomic E-state index is 12.6. The van der Waals surface area contributed by atoms with E-state index in [2.05, 4.69) is 42.2 Å². The summed E-state index contributed by atoms with van der Waals surface area (Å²) in [5, 5.41) is 23.5. The molecule has 0 saturated heterocycles. The number of imidazole rings is 1. The van der Waals surface area contributed by atoms with Crippen LogP contribution in [0.5, 0.6) is 0 Å². The molecule has 0 saturated carbocycles. The molecule has 0 atom stereocenters. The van der Waals surface area contributed by atoms with Crippen LogP contribution in [-0.4, -0.2) is 37.8 Å². The van der Waals surface area contributed by atoms with Crippen LogP contribution < -0.4 is 5.32 Å². The second-order valence-electron chi connectivity index (χ2n) is 8.92. The minimum atomic E-state index is -5.08. The third-order valence-corrected chi connectivity index (χ3v) is 5.13. The summed E-state index contributed by atoms with van der Waals surface area (Å²) in [6, 6.07) is 20.6. The maximum absolute atomic E-state index is 12.6. The highest BCUT2D eigenvalue weighted by Gasteiger charge is 2.38. The fourth-order valence-electron chi connectivity index (χ4n) is 3.12. The number of aromatic nitrogens is 3. The Morgan fingerprint density at radius 3 is 2.08 bits per heavy atom.